The minimum atomic E-state index is 0.819. The molecule has 0 radical (unpaired) electrons. The van der Waals surface area contributed by atoms with Crippen molar-refractivity contribution >= 4 is 12.6 Å². The zero-order valence-electron chi connectivity index (χ0n) is 9.51. The number of benzene rings is 1. The van der Waals surface area contributed by atoms with E-state index in [1.165, 1.54) is 16.7 Å². The molecule has 0 saturated heterocycles. The van der Waals surface area contributed by atoms with Gasteiger partial charge in [-0.25, -0.2) is 0 Å². The van der Waals surface area contributed by atoms with E-state index in [0.717, 1.165) is 55.3 Å². The highest BCUT2D eigenvalue weighted by atomic mass is 32.1. The fourth-order valence-electron chi connectivity index (χ4n) is 2.65. The SMILES string of the molecule is Cc1c2c(c(S)c3c1OCCC3)OCCC2. The van der Waals surface area contributed by atoms with Gasteiger partial charge in [0.1, 0.15) is 11.5 Å². The maximum Gasteiger partial charge on any atom is 0.136 e. The Morgan fingerprint density at radius 1 is 0.938 bits per heavy atom. The normalized spacial score (nSPS) is 18.1. The summed E-state index contributed by atoms with van der Waals surface area (Å²) >= 11 is 4.63. The molecule has 2 nitrogen and oxygen atoms in total. The van der Waals surface area contributed by atoms with Gasteiger partial charge in [-0.15, -0.1) is 12.6 Å². The predicted octanol–water partition coefficient (Wildman–Crippen LogP) is 2.93. The van der Waals surface area contributed by atoms with Crippen molar-refractivity contribution in [2.45, 2.75) is 37.5 Å². The van der Waals surface area contributed by atoms with Crippen molar-refractivity contribution in [3.8, 4) is 11.5 Å². The first kappa shape index (κ1) is 10.3. The summed E-state index contributed by atoms with van der Waals surface area (Å²) in [7, 11) is 0. The third-order valence-electron chi connectivity index (χ3n) is 3.48. The Morgan fingerprint density at radius 2 is 1.56 bits per heavy atom. The van der Waals surface area contributed by atoms with Gasteiger partial charge in [0.25, 0.3) is 0 Å². The van der Waals surface area contributed by atoms with Crippen LogP contribution in [-0.4, -0.2) is 13.2 Å². The Bertz CT molecular complexity index is 362. The molecule has 0 fully saturated rings. The standard InChI is InChI=1S/C13H16O2S/c1-8-9-4-2-7-15-12(9)13(16)10-5-3-6-14-11(8)10/h16H,2-7H2,1H3. The molecule has 0 unspecified atom stereocenters. The lowest BCUT2D eigenvalue weighted by atomic mass is 9.94. The highest BCUT2D eigenvalue weighted by Gasteiger charge is 2.25. The van der Waals surface area contributed by atoms with Gasteiger partial charge in [-0.1, -0.05) is 0 Å². The van der Waals surface area contributed by atoms with E-state index in [1.807, 2.05) is 0 Å². The van der Waals surface area contributed by atoms with Gasteiger partial charge in [0.2, 0.25) is 0 Å². The molecule has 0 N–H and O–H groups in total. The van der Waals surface area contributed by atoms with Gasteiger partial charge in [-0.05, 0) is 38.2 Å². The highest BCUT2D eigenvalue weighted by molar-refractivity contribution is 7.80. The molecular weight excluding hydrogens is 220 g/mol. The Labute approximate surface area is 101 Å². The monoisotopic (exact) mass is 236 g/mol. The minimum absolute atomic E-state index is 0.819. The van der Waals surface area contributed by atoms with Crippen LogP contribution < -0.4 is 9.47 Å². The first-order chi connectivity index (χ1) is 7.79. The number of fused-ring (bicyclic) bond motifs is 2. The van der Waals surface area contributed by atoms with Crippen LogP contribution in [0.25, 0.3) is 0 Å². The Balaban J connectivity index is 2.24. The number of rotatable bonds is 0. The van der Waals surface area contributed by atoms with Gasteiger partial charge in [-0.3, -0.25) is 0 Å². The molecule has 0 spiro atoms. The van der Waals surface area contributed by atoms with E-state index < -0.39 is 0 Å². The van der Waals surface area contributed by atoms with Crippen LogP contribution in [0.3, 0.4) is 0 Å². The molecule has 2 aliphatic heterocycles. The molecule has 3 heteroatoms. The van der Waals surface area contributed by atoms with Gasteiger partial charge in [-0.2, -0.15) is 0 Å². The van der Waals surface area contributed by atoms with Gasteiger partial charge >= 0.3 is 0 Å². The average Bonchev–Trinajstić information content (AvgIpc) is 2.36. The van der Waals surface area contributed by atoms with E-state index >= 15 is 0 Å². The van der Waals surface area contributed by atoms with Crippen molar-refractivity contribution in [2.24, 2.45) is 0 Å². The van der Waals surface area contributed by atoms with Crippen LogP contribution in [0.4, 0.5) is 0 Å². The summed E-state index contributed by atoms with van der Waals surface area (Å²) in [6, 6.07) is 0. The van der Waals surface area contributed by atoms with Gasteiger partial charge in [0.15, 0.2) is 0 Å². The largest absolute Gasteiger partial charge is 0.493 e. The topological polar surface area (TPSA) is 18.5 Å². The van der Waals surface area contributed by atoms with Crippen LogP contribution in [0.2, 0.25) is 0 Å². The molecule has 86 valence electrons. The Hall–Kier alpha value is -0.830. The molecule has 1 aromatic rings. The molecule has 0 saturated carbocycles. The van der Waals surface area contributed by atoms with Crippen molar-refractivity contribution in [2.75, 3.05) is 13.2 Å². The summed E-state index contributed by atoms with van der Waals surface area (Å²) < 4.78 is 11.6. The molecule has 2 heterocycles. The Kier molecular flexibility index (Phi) is 2.51. The van der Waals surface area contributed by atoms with Gasteiger partial charge < -0.3 is 9.47 Å². The van der Waals surface area contributed by atoms with Crippen molar-refractivity contribution in [1.29, 1.82) is 0 Å². The van der Waals surface area contributed by atoms with Crippen molar-refractivity contribution in [1.82, 2.24) is 0 Å². The summed E-state index contributed by atoms with van der Waals surface area (Å²) in [4.78, 5) is 1.01. The van der Waals surface area contributed by atoms with Crippen LogP contribution >= 0.6 is 12.6 Å². The summed E-state index contributed by atoms with van der Waals surface area (Å²) in [6.45, 7) is 3.80. The van der Waals surface area contributed by atoms with Crippen molar-refractivity contribution in [3.63, 3.8) is 0 Å². The maximum atomic E-state index is 5.80. The van der Waals surface area contributed by atoms with E-state index in [-0.39, 0.29) is 0 Å². The van der Waals surface area contributed by atoms with E-state index in [9.17, 15) is 0 Å². The predicted molar refractivity (Wildman–Crippen MR) is 66.1 cm³/mol. The molecular formula is C13H16O2S. The van der Waals surface area contributed by atoms with Crippen LogP contribution in [0.5, 0.6) is 11.5 Å². The number of ether oxygens (including phenoxy) is 2. The lowest BCUT2D eigenvalue weighted by molar-refractivity contribution is 0.263. The second-order valence-electron chi connectivity index (χ2n) is 4.49. The van der Waals surface area contributed by atoms with E-state index in [4.69, 9.17) is 9.47 Å². The molecule has 0 amide bonds. The second kappa shape index (κ2) is 3.88. The van der Waals surface area contributed by atoms with Crippen molar-refractivity contribution in [3.05, 3.63) is 16.7 Å². The average molecular weight is 236 g/mol. The van der Waals surface area contributed by atoms with Gasteiger partial charge in [0, 0.05) is 11.1 Å². The minimum Gasteiger partial charge on any atom is -0.493 e. The fraction of sp³-hybridized carbons (Fsp3) is 0.538. The summed E-state index contributed by atoms with van der Waals surface area (Å²) in [5.74, 6) is 2.08. The number of hydrogen-bond donors (Lipinski definition) is 1. The quantitative estimate of drug-likeness (QED) is 0.698. The first-order valence-electron chi connectivity index (χ1n) is 5.92. The third-order valence-corrected chi connectivity index (χ3v) is 3.95. The maximum absolute atomic E-state index is 5.80. The lowest BCUT2D eigenvalue weighted by Crippen LogP contribution is -2.16. The van der Waals surface area contributed by atoms with E-state index in [0.29, 0.717) is 0 Å². The smallest absolute Gasteiger partial charge is 0.136 e. The summed E-state index contributed by atoms with van der Waals surface area (Å²) in [5, 5.41) is 0. The molecule has 3 rings (SSSR count). The molecule has 0 bridgehead atoms. The van der Waals surface area contributed by atoms with Crippen LogP contribution in [0.15, 0.2) is 4.90 Å². The number of hydrogen-bond acceptors (Lipinski definition) is 3. The van der Waals surface area contributed by atoms with Crippen LogP contribution in [-0.2, 0) is 12.8 Å². The molecule has 0 aliphatic carbocycles. The van der Waals surface area contributed by atoms with E-state index in [2.05, 4.69) is 19.6 Å². The molecule has 16 heavy (non-hydrogen) atoms. The zero-order valence-corrected chi connectivity index (χ0v) is 10.4. The zero-order chi connectivity index (χ0) is 11.1. The molecule has 0 atom stereocenters. The third kappa shape index (κ3) is 1.41. The fourth-order valence-corrected chi connectivity index (χ4v) is 3.06. The first-order valence-corrected chi connectivity index (χ1v) is 6.36. The summed E-state index contributed by atoms with van der Waals surface area (Å²) in [6.07, 6.45) is 4.33. The highest BCUT2D eigenvalue weighted by Crippen LogP contribution is 2.44. The van der Waals surface area contributed by atoms with Crippen LogP contribution in [0.1, 0.15) is 29.5 Å². The molecule has 1 aromatic carbocycles. The second-order valence-corrected chi connectivity index (χ2v) is 4.94. The van der Waals surface area contributed by atoms with Crippen LogP contribution in [0, 0.1) is 6.92 Å². The van der Waals surface area contributed by atoms with Crippen molar-refractivity contribution < 1.29 is 9.47 Å². The molecule has 0 aromatic heterocycles. The molecule has 2 aliphatic rings. The Morgan fingerprint density at radius 3 is 2.31 bits per heavy atom. The lowest BCUT2D eigenvalue weighted by Gasteiger charge is -2.28. The summed E-state index contributed by atoms with van der Waals surface area (Å²) in [5.41, 5.74) is 3.81. The van der Waals surface area contributed by atoms with Gasteiger partial charge in [0.05, 0.1) is 18.1 Å². The van der Waals surface area contributed by atoms with E-state index in [1.54, 1.807) is 0 Å². The number of thiol groups is 1.